The first-order valence-electron chi connectivity index (χ1n) is 20.0. The molecule has 0 unspecified atom stereocenters. The fraction of sp³-hybridized carbons (Fsp3) is 0.356. The molecule has 0 aromatic heterocycles. The summed E-state index contributed by atoms with van der Waals surface area (Å²) < 4.78 is 71.7. The number of carbonyl (C=O) groups is 5. The van der Waals surface area contributed by atoms with Gasteiger partial charge in [0.2, 0.25) is 0 Å². The minimum atomic E-state index is -0.697. The van der Waals surface area contributed by atoms with Crippen LogP contribution in [-0.2, 0) is 27.3 Å². The average molecular weight is 915 g/mol. The maximum absolute atomic E-state index is 14.8. The summed E-state index contributed by atoms with van der Waals surface area (Å²) in [6.45, 7) is 8.36. The first kappa shape index (κ1) is 50.2. The van der Waals surface area contributed by atoms with Gasteiger partial charge >= 0.3 is 30.1 Å². The molecule has 4 aromatic carbocycles. The predicted molar refractivity (Wildman–Crippen MR) is 233 cm³/mol. The molecule has 0 aliphatic carbocycles. The van der Waals surface area contributed by atoms with E-state index in [0.717, 1.165) is 12.1 Å². The molecule has 0 bridgehead atoms. The van der Waals surface area contributed by atoms with Crippen molar-refractivity contribution in [1.82, 2.24) is 20.0 Å². The molecule has 2 aliphatic heterocycles. The third kappa shape index (κ3) is 13.6. The number of nitrogens with zero attached hydrogens (tertiary/aromatic N) is 5. The van der Waals surface area contributed by atoms with Gasteiger partial charge in [-0.05, 0) is 81.4 Å². The van der Waals surface area contributed by atoms with E-state index in [1.807, 2.05) is 0 Å². The number of anilines is 2. The maximum atomic E-state index is 14.8. The van der Waals surface area contributed by atoms with Crippen molar-refractivity contribution in [3.05, 3.63) is 130 Å². The Hall–Kier alpha value is -6.40. The van der Waals surface area contributed by atoms with Crippen molar-refractivity contribution in [2.24, 2.45) is 0 Å². The normalized spacial score (nSPS) is 13.7. The van der Waals surface area contributed by atoms with Crippen LogP contribution in [0.4, 0.5) is 43.3 Å². The summed E-state index contributed by atoms with van der Waals surface area (Å²) in [5.74, 6) is -3.70. The van der Waals surface area contributed by atoms with Gasteiger partial charge in [-0.2, -0.15) is 0 Å². The number of esters is 2. The van der Waals surface area contributed by atoms with E-state index in [-0.39, 0.29) is 85.6 Å². The highest BCUT2D eigenvalue weighted by atomic mass is 35.5. The summed E-state index contributed by atoms with van der Waals surface area (Å²) in [6.07, 6.45) is -0.459. The van der Waals surface area contributed by atoms with Gasteiger partial charge in [0.1, 0.15) is 28.9 Å². The van der Waals surface area contributed by atoms with Gasteiger partial charge in [0.05, 0.1) is 38.4 Å². The molecule has 0 radical (unpaired) electrons. The Bertz CT molecular complexity index is 2290. The first-order valence-corrected chi connectivity index (χ1v) is 20.0. The van der Waals surface area contributed by atoms with Crippen LogP contribution in [-0.4, -0.2) is 117 Å². The van der Waals surface area contributed by atoms with E-state index >= 15 is 0 Å². The van der Waals surface area contributed by atoms with Gasteiger partial charge in [0.25, 0.3) is 0 Å². The zero-order chi connectivity index (χ0) is 45.8. The molecule has 0 atom stereocenters. The Balaban J connectivity index is 0.000000283. The largest absolute Gasteiger partial charge is 0.465 e. The molecule has 64 heavy (non-hydrogen) atoms. The second-order valence-electron chi connectivity index (χ2n) is 15.5. The van der Waals surface area contributed by atoms with Crippen molar-refractivity contribution in [3.8, 4) is 0 Å². The van der Waals surface area contributed by atoms with Crippen molar-refractivity contribution in [2.45, 2.75) is 39.5 Å². The minimum Gasteiger partial charge on any atom is -0.465 e. The smallest absolute Gasteiger partial charge is 0.410 e. The highest BCUT2D eigenvalue weighted by Gasteiger charge is 2.31. The number of urea groups is 2. The molecule has 2 heterocycles. The van der Waals surface area contributed by atoms with E-state index in [1.54, 1.807) is 37.8 Å². The molecular formula is C45H51ClF4N6O8. The minimum absolute atomic E-state index is 0. The third-order valence-corrected chi connectivity index (χ3v) is 9.90. The molecular weight excluding hydrogens is 864 g/mol. The van der Waals surface area contributed by atoms with E-state index in [1.165, 1.54) is 94.5 Å². The first-order chi connectivity index (χ1) is 30.0. The van der Waals surface area contributed by atoms with Crippen LogP contribution in [0.1, 0.15) is 52.6 Å². The number of carbonyl (C=O) groups excluding carboxylic acids is 5. The van der Waals surface area contributed by atoms with Crippen molar-refractivity contribution < 1.29 is 55.7 Å². The van der Waals surface area contributed by atoms with Gasteiger partial charge in [-0.1, -0.05) is 24.3 Å². The number of piperazine rings is 2. The lowest BCUT2D eigenvalue weighted by molar-refractivity contribution is 0.0171. The lowest BCUT2D eigenvalue weighted by Gasteiger charge is -2.38. The highest BCUT2D eigenvalue weighted by molar-refractivity contribution is 5.93. The standard InChI is InChI=1S/C25H29F2N3O5.C20H21F2N3O3.ClH/c1-25(2,3)35-24(33)29-12-10-28(11-13-29)23(32)30(20-7-5-6-19(26)15-20)16-18-9-8-17(14-21(18)27)22(31)34-4;1-28-19(26)14-5-6-15(18(22)11-14)13-25(17-4-2-3-16(21)12-17)20(27)24-9-7-23-8-10-24;/h5-9,14-15H,10-13,16H2,1-4H3;2-6,11-12,23H,7-10,13H2,1H3;1H. The van der Waals surface area contributed by atoms with Gasteiger partial charge in [-0.3, -0.25) is 9.80 Å². The number of nitrogens with one attached hydrogen (secondary N) is 1. The molecule has 344 valence electrons. The van der Waals surface area contributed by atoms with Crippen LogP contribution >= 0.6 is 12.4 Å². The predicted octanol–water partition coefficient (Wildman–Crippen LogP) is 7.64. The summed E-state index contributed by atoms with van der Waals surface area (Å²) in [7, 11) is 2.41. The molecule has 4 aromatic rings. The number of hydrogen-bond acceptors (Lipinski definition) is 9. The summed E-state index contributed by atoms with van der Waals surface area (Å²) in [5.41, 5.74) is 0.417. The number of methoxy groups -OCH3 is 2. The number of benzene rings is 4. The van der Waals surface area contributed by atoms with Crippen LogP contribution in [0.15, 0.2) is 84.9 Å². The van der Waals surface area contributed by atoms with Crippen LogP contribution in [0.3, 0.4) is 0 Å². The van der Waals surface area contributed by atoms with Gasteiger partial charge in [0, 0.05) is 74.9 Å². The Morgan fingerprint density at radius 1 is 0.594 bits per heavy atom. The Kier molecular flexibility index (Phi) is 17.9. The lowest BCUT2D eigenvalue weighted by atomic mass is 10.1. The molecule has 1 N–H and O–H groups in total. The van der Waals surface area contributed by atoms with Crippen molar-refractivity contribution in [1.29, 1.82) is 0 Å². The summed E-state index contributed by atoms with van der Waals surface area (Å²) in [4.78, 5) is 69.4. The summed E-state index contributed by atoms with van der Waals surface area (Å²) >= 11 is 0. The molecule has 19 heteroatoms. The number of halogens is 5. The number of hydrogen-bond donors (Lipinski definition) is 1. The van der Waals surface area contributed by atoms with Gasteiger partial charge in [-0.15, -0.1) is 12.4 Å². The van der Waals surface area contributed by atoms with Crippen LogP contribution in [0.25, 0.3) is 0 Å². The van der Waals surface area contributed by atoms with Crippen LogP contribution in [0, 0.1) is 23.3 Å². The molecule has 5 amide bonds. The topological polar surface area (TPSA) is 141 Å². The van der Waals surface area contributed by atoms with E-state index in [0.29, 0.717) is 31.9 Å². The second kappa shape index (κ2) is 22.8. The lowest BCUT2D eigenvalue weighted by Crippen LogP contribution is -2.54. The molecule has 2 saturated heterocycles. The molecule has 2 fully saturated rings. The van der Waals surface area contributed by atoms with E-state index in [2.05, 4.69) is 14.8 Å². The summed E-state index contributed by atoms with van der Waals surface area (Å²) in [5, 5.41) is 3.16. The monoisotopic (exact) mass is 914 g/mol. The van der Waals surface area contributed by atoms with Gasteiger partial charge in [0.15, 0.2) is 0 Å². The van der Waals surface area contributed by atoms with Crippen LogP contribution < -0.4 is 15.1 Å². The Morgan fingerprint density at radius 3 is 1.38 bits per heavy atom. The van der Waals surface area contributed by atoms with E-state index < -0.39 is 52.9 Å². The zero-order valence-electron chi connectivity index (χ0n) is 36.1. The highest BCUT2D eigenvalue weighted by Crippen LogP contribution is 2.25. The number of rotatable bonds is 8. The van der Waals surface area contributed by atoms with Crippen molar-refractivity contribution in [3.63, 3.8) is 0 Å². The average Bonchev–Trinajstić information content (AvgIpc) is 3.27. The summed E-state index contributed by atoms with van der Waals surface area (Å²) in [6, 6.07) is 18.0. The third-order valence-electron chi connectivity index (χ3n) is 9.90. The fourth-order valence-electron chi connectivity index (χ4n) is 6.61. The van der Waals surface area contributed by atoms with Gasteiger partial charge in [-0.25, -0.2) is 41.5 Å². The molecule has 0 saturated carbocycles. The van der Waals surface area contributed by atoms with Crippen LogP contribution in [0.5, 0.6) is 0 Å². The van der Waals surface area contributed by atoms with Crippen LogP contribution in [0.2, 0.25) is 0 Å². The molecule has 14 nitrogen and oxygen atoms in total. The maximum Gasteiger partial charge on any atom is 0.410 e. The van der Waals surface area contributed by atoms with Gasteiger partial charge < -0.3 is 34.2 Å². The number of amides is 5. The number of ether oxygens (including phenoxy) is 3. The Morgan fingerprint density at radius 2 is 1.00 bits per heavy atom. The fourth-order valence-corrected chi connectivity index (χ4v) is 6.61. The van der Waals surface area contributed by atoms with E-state index in [9.17, 15) is 41.5 Å². The Labute approximate surface area is 375 Å². The SMILES string of the molecule is COC(=O)c1ccc(CN(C(=O)N2CCN(C(=O)OC(C)(C)C)CC2)c2cccc(F)c2)c(F)c1.COC(=O)c1ccc(CN(C(=O)N2CCNCC2)c2cccc(F)c2)c(F)c1.Cl. The van der Waals surface area contributed by atoms with Crippen molar-refractivity contribution >= 4 is 53.9 Å². The van der Waals surface area contributed by atoms with E-state index in [4.69, 9.17) is 4.74 Å². The quantitative estimate of drug-likeness (QED) is 0.107. The zero-order valence-corrected chi connectivity index (χ0v) is 36.9. The molecule has 2 aliphatic rings. The van der Waals surface area contributed by atoms with Crippen molar-refractivity contribution in [2.75, 3.05) is 76.4 Å². The second-order valence-corrected chi connectivity index (χ2v) is 15.5. The molecule has 0 spiro atoms. The molecule has 6 rings (SSSR count).